The lowest BCUT2D eigenvalue weighted by Gasteiger charge is -2.39. The number of carbonyl (C=O) groups excluding carboxylic acids is 1. The molecule has 0 aromatic carbocycles. The van der Waals surface area contributed by atoms with E-state index < -0.39 is 5.54 Å². The molecule has 2 atom stereocenters. The summed E-state index contributed by atoms with van der Waals surface area (Å²) in [6.07, 6.45) is 2.36. The van der Waals surface area contributed by atoms with Gasteiger partial charge in [0.05, 0.1) is 6.61 Å². The number of rotatable bonds is 7. The molecular formula is C14H29N3O2. The second-order valence-corrected chi connectivity index (χ2v) is 6.19. The highest BCUT2D eigenvalue weighted by Crippen LogP contribution is 2.19. The van der Waals surface area contributed by atoms with Crippen molar-refractivity contribution in [3.63, 3.8) is 0 Å². The predicted molar refractivity (Wildman–Crippen MR) is 76.9 cm³/mol. The summed E-state index contributed by atoms with van der Waals surface area (Å²) in [5.74, 6) is 0.282. The number of nitrogens with one attached hydrogen (secondary N) is 1. The molecule has 1 aliphatic rings. The highest BCUT2D eigenvalue weighted by atomic mass is 16.5. The Bertz CT molecular complexity index is 294. The molecule has 112 valence electrons. The van der Waals surface area contributed by atoms with E-state index >= 15 is 0 Å². The SMILES string of the molecule is COCC1CCCN(CC(C)(NC(C)C)C(N)=O)C1. The first-order valence-corrected chi connectivity index (χ1v) is 7.16. The topological polar surface area (TPSA) is 67.6 Å². The van der Waals surface area contributed by atoms with E-state index in [0.29, 0.717) is 12.5 Å². The normalized spacial score (nSPS) is 24.4. The number of piperidine rings is 1. The van der Waals surface area contributed by atoms with Crippen molar-refractivity contribution in [2.24, 2.45) is 11.7 Å². The first-order chi connectivity index (χ1) is 8.87. The number of ether oxygens (including phenoxy) is 1. The molecule has 1 amide bonds. The summed E-state index contributed by atoms with van der Waals surface area (Å²) < 4.78 is 5.24. The second kappa shape index (κ2) is 7.22. The Kier molecular flexibility index (Phi) is 6.23. The van der Waals surface area contributed by atoms with Crippen LogP contribution < -0.4 is 11.1 Å². The van der Waals surface area contributed by atoms with E-state index in [4.69, 9.17) is 10.5 Å². The van der Waals surface area contributed by atoms with Gasteiger partial charge in [-0.05, 0) is 46.1 Å². The first-order valence-electron chi connectivity index (χ1n) is 7.16. The molecule has 5 heteroatoms. The average Bonchev–Trinajstić information content (AvgIpc) is 2.28. The highest BCUT2D eigenvalue weighted by Gasteiger charge is 2.35. The van der Waals surface area contributed by atoms with E-state index in [1.807, 2.05) is 20.8 Å². The summed E-state index contributed by atoms with van der Waals surface area (Å²) in [5, 5.41) is 3.30. The number of amides is 1. The van der Waals surface area contributed by atoms with Crippen molar-refractivity contribution in [3.8, 4) is 0 Å². The Hall–Kier alpha value is -0.650. The van der Waals surface area contributed by atoms with Crippen molar-refractivity contribution in [1.29, 1.82) is 0 Å². The molecule has 0 aliphatic carbocycles. The van der Waals surface area contributed by atoms with E-state index in [0.717, 1.165) is 26.1 Å². The van der Waals surface area contributed by atoms with Gasteiger partial charge in [0.15, 0.2) is 0 Å². The van der Waals surface area contributed by atoms with Gasteiger partial charge in [-0.1, -0.05) is 0 Å². The van der Waals surface area contributed by atoms with E-state index in [-0.39, 0.29) is 11.9 Å². The molecule has 0 spiro atoms. The van der Waals surface area contributed by atoms with Crippen LogP contribution in [0.1, 0.15) is 33.6 Å². The monoisotopic (exact) mass is 271 g/mol. The zero-order chi connectivity index (χ0) is 14.5. The first kappa shape index (κ1) is 16.4. The highest BCUT2D eigenvalue weighted by molar-refractivity contribution is 5.84. The molecule has 0 saturated carbocycles. The summed E-state index contributed by atoms with van der Waals surface area (Å²) in [4.78, 5) is 14.1. The van der Waals surface area contributed by atoms with Crippen LogP contribution in [-0.4, -0.2) is 55.7 Å². The fraction of sp³-hybridized carbons (Fsp3) is 0.929. The summed E-state index contributed by atoms with van der Waals surface area (Å²) in [5.41, 5.74) is 4.91. The fourth-order valence-electron chi connectivity index (χ4n) is 2.95. The number of nitrogens with two attached hydrogens (primary N) is 1. The quantitative estimate of drug-likeness (QED) is 0.711. The smallest absolute Gasteiger partial charge is 0.238 e. The summed E-state index contributed by atoms with van der Waals surface area (Å²) in [7, 11) is 1.74. The van der Waals surface area contributed by atoms with Gasteiger partial charge in [0.25, 0.3) is 0 Å². The van der Waals surface area contributed by atoms with Gasteiger partial charge in [0, 0.05) is 26.2 Å². The summed E-state index contributed by atoms with van der Waals surface area (Å²) in [6, 6.07) is 0.233. The van der Waals surface area contributed by atoms with Crippen LogP contribution in [0, 0.1) is 5.92 Å². The largest absolute Gasteiger partial charge is 0.384 e. The molecule has 0 bridgehead atoms. The molecule has 19 heavy (non-hydrogen) atoms. The molecule has 0 radical (unpaired) electrons. The van der Waals surface area contributed by atoms with Crippen LogP contribution in [0.25, 0.3) is 0 Å². The molecule has 0 aromatic rings. The minimum absolute atomic E-state index is 0.233. The van der Waals surface area contributed by atoms with Gasteiger partial charge in [-0.2, -0.15) is 0 Å². The predicted octanol–water partition coefficient (Wildman–Crippen LogP) is 0.587. The lowest BCUT2D eigenvalue weighted by Crippen LogP contribution is -2.62. The van der Waals surface area contributed by atoms with E-state index in [9.17, 15) is 4.79 Å². The van der Waals surface area contributed by atoms with Gasteiger partial charge < -0.3 is 20.7 Å². The number of hydrogen-bond acceptors (Lipinski definition) is 4. The van der Waals surface area contributed by atoms with Gasteiger partial charge in [-0.3, -0.25) is 4.79 Å². The van der Waals surface area contributed by atoms with Crippen LogP contribution in [0.4, 0.5) is 0 Å². The number of methoxy groups -OCH3 is 1. The van der Waals surface area contributed by atoms with Gasteiger partial charge >= 0.3 is 0 Å². The van der Waals surface area contributed by atoms with Crippen LogP contribution in [0.5, 0.6) is 0 Å². The summed E-state index contributed by atoms with van der Waals surface area (Å²) in [6.45, 7) is 9.44. The van der Waals surface area contributed by atoms with Gasteiger partial charge in [-0.15, -0.1) is 0 Å². The molecule has 1 heterocycles. The van der Waals surface area contributed by atoms with E-state index in [1.165, 1.54) is 6.42 Å². The minimum atomic E-state index is -0.664. The molecule has 1 saturated heterocycles. The van der Waals surface area contributed by atoms with Crippen molar-refractivity contribution in [1.82, 2.24) is 10.2 Å². The number of primary amides is 1. The lowest BCUT2D eigenvalue weighted by molar-refractivity contribution is -0.125. The lowest BCUT2D eigenvalue weighted by atomic mass is 9.94. The van der Waals surface area contributed by atoms with Crippen molar-refractivity contribution in [2.45, 2.75) is 45.2 Å². The molecule has 1 aliphatic heterocycles. The van der Waals surface area contributed by atoms with Crippen molar-refractivity contribution < 1.29 is 9.53 Å². The minimum Gasteiger partial charge on any atom is -0.384 e. The third-order valence-electron chi connectivity index (χ3n) is 3.70. The maximum Gasteiger partial charge on any atom is 0.238 e. The average molecular weight is 271 g/mol. The van der Waals surface area contributed by atoms with Gasteiger partial charge in [0.1, 0.15) is 5.54 Å². The Morgan fingerprint density at radius 1 is 1.58 bits per heavy atom. The fourth-order valence-corrected chi connectivity index (χ4v) is 2.95. The molecule has 0 aromatic heterocycles. The van der Waals surface area contributed by atoms with Crippen molar-refractivity contribution >= 4 is 5.91 Å². The van der Waals surface area contributed by atoms with Gasteiger partial charge in [-0.25, -0.2) is 0 Å². The number of nitrogens with zero attached hydrogens (tertiary/aromatic N) is 1. The van der Waals surface area contributed by atoms with Crippen LogP contribution in [0.3, 0.4) is 0 Å². The van der Waals surface area contributed by atoms with Crippen molar-refractivity contribution in [3.05, 3.63) is 0 Å². The molecule has 5 nitrogen and oxygen atoms in total. The summed E-state index contributed by atoms with van der Waals surface area (Å²) >= 11 is 0. The van der Waals surface area contributed by atoms with Crippen LogP contribution in [0.15, 0.2) is 0 Å². The Morgan fingerprint density at radius 2 is 2.26 bits per heavy atom. The van der Waals surface area contributed by atoms with Gasteiger partial charge in [0.2, 0.25) is 5.91 Å². The number of likely N-dealkylation sites (tertiary alicyclic amines) is 1. The molecule has 1 fully saturated rings. The Morgan fingerprint density at radius 3 is 2.79 bits per heavy atom. The van der Waals surface area contributed by atoms with E-state index in [1.54, 1.807) is 7.11 Å². The van der Waals surface area contributed by atoms with Crippen LogP contribution in [-0.2, 0) is 9.53 Å². The molecule has 1 rings (SSSR count). The molecule has 3 N–H and O–H groups in total. The Labute approximate surface area is 116 Å². The molecular weight excluding hydrogens is 242 g/mol. The third-order valence-corrected chi connectivity index (χ3v) is 3.70. The standard InChI is InChI=1S/C14H29N3O2/c1-11(2)16-14(3,13(15)18)10-17-7-5-6-12(8-17)9-19-4/h11-12,16H,5-10H2,1-4H3,(H2,15,18). The van der Waals surface area contributed by atoms with Crippen molar-refractivity contribution in [2.75, 3.05) is 33.4 Å². The van der Waals surface area contributed by atoms with Crippen LogP contribution in [0.2, 0.25) is 0 Å². The zero-order valence-electron chi connectivity index (χ0n) is 12.7. The zero-order valence-corrected chi connectivity index (χ0v) is 12.7. The molecule has 2 unspecified atom stereocenters. The van der Waals surface area contributed by atoms with Crippen LogP contribution >= 0.6 is 0 Å². The number of carbonyl (C=O) groups is 1. The third kappa shape index (κ3) is 5.09. The second-order valence-electron chi connectivity index (χ2n) is 6.19. The van der Waals surface area contributed by atoms with E-state index in [2.05, 4.69) is 10.2 Å². The maximum absolute atomic E-state index is 11.7. The Balaban J connectivity index is 2.61. The maximum atomic E-state index is 11.7. The number of hydrogen-bond donors (Lipinski definition) is 2.